The standard InChI is InChI=1S/C24H29FN4/c1-17(28-22-12-6-10-20(25)16-22)19-9-5-11-21(15-19)29-24(27)14-13-23(26)18-7-3-2-4-8-18/h2-4,6-8,10,12-14,16,19,21,28-29H,1,5,9,11,15,26-27H2/b23-13-,24-14+. The number of hydrogen-bond acceptors (Lipinski definition) is 4. The number of rotatable bonds is 7. The van der Waals surface area contributed by atoms with E-state index >= 15 is 0 Å². The molecular formula is C24H29FN4. The molecule has 2 aromatic rings. The fraction of sp³-hybridized carbons (Fsp3) is 0.250. The zero-order valence-corrected chi connectivity index (χ0v) is 16.6. The summed E-state index contributed by atoms with van der Waals surface area (Å²) in [4.78, 5) is 0. The summed E-state index contributed by atoms with van der Waals surface area (Å²) in [6.07, 6.45) is 7.75. The van der Waals surface area contributed by atoms with Crippen LogP contribution in [0.25, 0.3) is 5.70 Å². The highest BCUT2D eigenvalue weighted by Crippen LogP contribution is 2.30. The molecule has 0 bridgehead atoms. The monoisotopic (exact) mass is 392 g/mol. The Hall–Kier alpha value is -3.21. The molecule has 2 aromatic carbocycles. The van der Waals surface area contributed by atoms with E-state index in [2.05, 4.69) is 17.2 Å². The Labute approximate surface area is 172 Å². The second kappa shape index (κ2) is 9.82. The van der Waals surface area contributed by atoms with Crippen molar-refractivity contribution in [3.8, 4) is 0 Å². The molecule has 29 heavy (non-hydrogen) atoms. The van der Waals surface area contributed by atoms with Crippen LogP contribution in [0.5, 0.6) is 0 Å². The largest absolute Gasteiger partial charge is 0.398 e. The minimum Gasteiger partial charge on any atom is -0.398 e. The van der Waals surface area contributed by atoms with Crippen molar-refractivity contribution >= 4 is 11.4 Å². The summed E-state index contributed by atoms with van der Waals surface area (Å²) in [7, 11) is 0. The number of hydrogen-bond donors (Lipinski definition) is 4. The summed E-state index contributed by atoms with van der Waals surface area (Å²) < 4.78 is 13.4. The van der Waals surface area contributed by atoms with Crippen molar-refractivity contribution in [3.63, 3.8) is 0 Å². The Kier molecular flexibility index (Phi) is 6.95. The van der Waals surface area contributed by atoms with Gasteiger partial charge in [-0.05, 0) is 55.2 Å². The van der Waals surface area contributed by atoms with Gasteiger partial charge in [-0.2, -0.15) is 0 Å². The Balaban J connectivity index is 1.55. The summed E-state index contributed by atoms with van der Waals surface area (Å²) in [5.74, 6) is 0.646. The van der Waals surface area contributed by atoms with Gasteiger partial charge in [0.25, 0.3) is 0 Å². The first kappa shape index (κ1) is 20.5. The van der Waals surface area contributed by atoms with E-state index in [0.29, 0.717) is 17.4 Å². The maximum atomic E-state index is 13.4. The maximum Gasteiger partial charge on any atom is 0.125 e. The van der Waals surface area contributed by atoms with Gasteiger partial charge in [-0.25, -0.2) is 4.39 Å². The zero-order valence-electron chi connectivity index (χ0n) is 16.6. The molecule has 4 nitrogen and oxygen atoms in total. The second-order valence-corrected chi connectivity index (χ2v) is 7.48. The lowest BCUT2D eigenvalue weighted by molar-refractivity contribution is 0.329. The molecular weight excluding hydrogens is 363 g/mol. The van der Waals surface area contributed by atoms with Crippen molar-refractivity contribution in [2.24, 2.45) is 17.4 Å². The molecule has 5 heteroatoms. The molecule has 1 fully saturated rings. The molecule has 2 unspecified atom stereocenters. The Morgan fingerprint density at radius 1 is 1.03 bits per heavy atom. The molecule has 2 atom stereocenters. The smallest absolute Gasteiger partial charge is 0.125 e. The van der Waals surface area contributed by atoms with Crippen molar-refractivity contribution in [3.05, 3.63) is 96.2 Å². The van der Waals surface area contributed by atoms with Gasteiger partial charge in [0.05, 0.1) is 5.82 Å². The summed E-state index contributed by atoms with van der Waals surface area (Å²) in [5, 5.41) is 6.64. The molecule has 1 aliphatic rings. The third kappa shape index (κ3) is 6.14. The first-order valence-corrected chi connectivity index (χ1v) is 9.97. The molecule has 0 aliphatic heterocycles. The number of anilines is 1. The van der Waals surface area contributed by atoms with Crippen LogP contribution in [0.1, 0.15) is 31.2 Å². The van der Waals surface area contributed by atoms with E-state index < -0.39 is 0 Å². The van der Waals surface area contributed by atoms with Gasteiger partial charge in [-0.15, -0.1) is 0 Å². The van der Waals surface area contributed by atoms with Crippen LogP contribution in [0.3, 0.4) is 0 Å². The fourth-order valence-corrected chi connectivity index (χ4v) is 3.68. The lowest BCUT2D eigenvalue weighted by atomic mass is 9.84. The van der Waals surface area contributed by atoms with E-state index in [9.17, 15) is 4.39 Å². The molecule has 0 heterocycles. The summed E-state index contributed by atoms with van der Waals surface area (Å²) >= 11 is 0. The average Bonchev–Trinajstić information content (AvgIpc) is 2.73. The van der Waals surface area contributed by atoms with E-state index in [-0.39, 0.29) is 11.9 Å². The van der Waals surface area contributed by atoms with E-state index in [1.54, 1.807) is 6.07 Å². The quantitative estimate of drug-likeness (QED) is 0.515. The van der Waals surface area contributed by atoms with Gasteiger partial charge in [0, 0.05) is 29.0 Å². The van der Waals surface area contributed by atoms with Gasteiger partial charge >= 0.3 is 0 Å². The molecule has 1 aliphatic carbocycles. The fourth-order valence-electron chi connectivity index (χ4n) is 3.68. The SMILES string of the molecule is C=C(Nc1cccc(F)c1)C1CCCC(N/C(N)=C/C=C(\N)c2ccccc2)C1. The van der Waals surface area contributed by atoms with Crippen LogP contribution in [-0.4, -0.2) is 6.04 Å². The Morgan fingerprint density at radius 3 is 2.59 bits per heavy atom. The number of allylic oxidation sites excluding steroid dienone is 3. The van der Waals surface area contributed by atoms with Gasteiger partial charge in [0.15, 0.2) is 0 Å². The summed E-state index contributed by atoms with van der Waals surface area (Å²) in [5.41, 5.74) is 15.6. The maximum absolute atomic E-state index is 13.4. The lowest BCUT2D eigenvalue weighted by Crippen LogP contribution is -2.37. The van der Waals surface area contributed by atoms with Gasteiger partial charge in [-0.1, -0.05) is 49.4 Å². The van der Waals surface area contributed by atoms with E-state index in [4.69, 9.17) is 11.5 Å². The molecule has 0 amide bonds. The predicted octanol–water partition coefficient (Wildman–Crippen LogP) is 4.70. The molecule has 1 saturated carbocycles. The third-order valence-corrected chi connectivity index (χ3v) is 5.22. The first-order chi connectivity index (χ1) is 14.0. The van der Waals surface area contributed by atoms with Crippen LogP contribution in [0, 0.1) is 11.7 Å². The van der Waals surface area contributed by atoms with Crippen LogP contribution < -0.4 is 22.1 Å². The number of nitrogens with two attached hydrogens (primary N) is 2. The van der Waals surface area contributed by atoms with Gasteiger partial charge in [0.2, 0.25) is 0 Å². The van der Waals surface area contributed by atoms with Crippen LogP contribution in [0.15, 0.2) is 84.8 Å². The number of benzene rings is 2. The predicted molar refractivity (Wildman–Crippen MR) is 119 cm³/mol. The lowest BCUT2D eigenvalue weighted by Gasteiger charge is -2.32. The molecule has 6 N–H and O–H groups in total. The van der Waals surface area contributed by atoms with E-state index in [1.807, 2.05) is 48.6 Å². The minimum atomic E-state index is -0.258. The van der Waals surface area contributed by atoms with Crippen LogP contribution >= 0.6 is 0 Å². The van der Waals surface area contributed by atoms with Gasteiger partial charge < -0.3 is 22.1 Å². The minimum absolute atomic E-state index is 0.258. The normalized spacial score (nSPS) is 20.2. The summed E-state index contributed by atoms with van der Waals surface area (Å²) in [6.45, 7) is 4.18. The average molecular weight is 393 g/mol. The first-order valence-electron chi connectivity index (χ1n) is 9.97. The Bertz CT molecular complexity index is 889. The molecule has 0 spiro atoms. The third-order valence-electron chi connectivity index (χ3n) is 5.22. The van der Waals surface area contributed by atoms with Crippen molar-refractivity contribution in [1.82, 2.24) is 5.32 Å². The van der Waals surface area contributed by atoms with Crippen molar-refractivity contribution in [2.45, 2.75) is 31.7 Å². The highest BCUT2D eigenvalue weighted by molar-refractivity contribution is 5.64. The molecule has 0 aromatic heterocycles. The van der Waals surface area contributed by atoms with Crippen LogP contribution in [-0.2, 0) is 0 Å². The highest BCUT2D eigenvalue weighted by Gasteiger charge is 2.24. The van der Waals surface area contributed by atoms with Crippen molar-refractivity contribution in [1.29, 1.82) is 0 Å². The molecule has 3 rings (SSSR count). The van der Waals surface area contributed by atoms with Crippen LogP contribution in [0.2, 0.25) is 0 Å². The number of nitrogens with one attached hydrogen (secondary N) is 2. The Morgan fingerprint density at radius 2 is 1.83 bits per heavy atom. The van der Waals surface area contributed by atoms with E-state index in [0.717, 1.165) is 42.6 Å². The van der Waals surface area contributed by atoms with Crippen molar-refractivity contribution < 1.29 is 4.39 Å². The highest BCUT2D eigenvalue weighted by atomic mass is 19.1. The zero-order chi connectivity index (χ0) is 20.6. The molecule has 0 radical (unpaired) electrons. The van der Waals surface area contributed by atoms with Crippen LogP contribution in [0.4, 0.5) is 10.1 Å². The number of halogens is 1. The molecule has 152 valence electrons. The van der Waals surface area contributed by atoms with E-state index in [1.165, 1.54) is 12.1 Å². The van der Waals surface area contributed by atoms with Crippen molar-refractivity contribution in [2.75, 3.05) is 5.32 Å². The van der Waals surface area contributed by atoms with Gasteiger partial charge in [0.1, 0.15) is 5.82 Å². The summed E-state index contributed by atoms with van der Waals surface area (Å²) in [6, 6.07) is 16.5. The topological polar surface area (TPSA) is 76.1 Å². The second-order valence-electron chi connectivity index (χ2n) is 7.48. The van der Waals surface area contributed by atoms with Gasteiger partial charge in [-0.3, -0.25) is 0 Å². The molecule has 0 saturated heterocycles.